The van der Waals surface area contributed by atoms with Crippen molar-refractivity contribution in [2.75, 3.05) is 5.32 Å². The van der Waals surface area contributed by atoms with E-state index in [4.69, 9.17) is 9.31 Å². The molecule has 2 aromatic rings. The molecule has 5 nitrogen and oxygen atoms in total. The molecule has 1 saturated heterocycles. The Labute approximate surface area is 131 Å². The summed E-state index contributed by atoms with van der Waals surface area (Å²) < 4.78 is 12.3. The minimum absolute atomic E-state index is 0.367. The molecule has 0 unspecified atom stereocenters. The lowest BCUT2D eigenvalue weighted by Gasteiger charge is -2.32. The summed E-state index contributed by atoms with van der Waals surface area (Å²) in [6, 6.07) is 9.67. The number of rotatable bonds is 3. The predicted octanol–water partition coefficient (Wildman–Crippen LogP) is 2.52. The molecule has 22 heavy (non-hydrogen) atoms. The fourth-order valence-corrected chi connectivity index (χ4v) is 2.27. The Hall–Kier alpha value is -1.92. The summed E-state index contributed by atoms with van der Waals surface area (Å²) >= 11 is 0. The molecule has 0 bridgehead atoms. The second-order valence-corrected chi connectivity index (χ2v) is 6.37. The van der Waals surface area contributed by atoms with Gasteiger partial charge in [-0.2, -0.15) is 0 Å². The summed E-state index contributed by atoms with van der Waals surface area (Å²) in [5, 5.41) is 3.22. The number of aromatic nitrogens is 2. The van der Waals surface area contributed by atoms with Crippen molar-refractivity contribution in [2.24, 2.45) is 0 Å². The molecule has 0 saturated carbocycles. The van der Waals surface area contributed by atoms with Gasteiger partial charge in [-0.1, -0.05) is 18.2 Å². The number of hydrogen-bond acceptors (Lipinski definition) is 5. The number of para-hydroxylation sites is 1. The standard InChI is InChI=1S/C16H20BN3O2/c1-15(2)16(3,4)22-17(21-15)12-8-5-6-9-13(12)20-14-18-10-7-11-19-14/h5-11H,1-4H3,(H,18,19,20). The average molecular weight is 297 g/mol. The summed E-state index contributed by atoms with van der Waals surface area (Å²) in [6.45, 7) is 8.18. The van der Waals surface area contributed by atoms with Gasteiger partial charge in [-0.25, -0.2) is 9.97 Å². The summed E-state index contributed by atoms with van der Waals surface area (Å²) in [5.74, 6) is 0.548. The van der Waals surface area contributed by atoms with Crippen molar-refractivity contribution in [1.29, 1.82) is 0 Å². The highest BCUT2D eigenvalue weighted by Crippen LogP contribution is 2.37. The Balaban J connectivity index is 1.90. The van der Waals surface area contributed by atoms with E-state index < -0.39 is 7.12 Å². The molecule has 0 amide bonds. The van der Waals surface area contributed by atoms with Crippen LogP contribution in [0.1, 0.15) is 27.7 Å². The van der Waals surface area contributed by atoms with Gasteiger partial charge in [0.2, 0.25) is 5.95 Å². The fourth-order valence-electron chi connectivity index (χ4n) is 2.27. The van der Waals surface area contributed by atoms with Crippen LogP contribution in [0.15, 0.2) is 42.7 Å². The van der Waals surface area contributed by atoms with Crippen molar-refractivity contribution in [3.8, 4) is 0 Å². The third kappa shape index (κ3) is 2.72. The summed E-state index contributed by atoms with van der Waals surface area (Å²) in [5.41, 5.74) is 1.09. The molecule has 0 aliphatic carbocycles. The summed E-state index contributed by atoms with van der Waals surface area (Å²) in [6.07, 6.45) is 3.40. The van der Waals surface area contributed by atoms with E-state index in [1.807, 2.05) is 52.0 Å². The van der Waals surface area contributed by atoms with Crippen LogP contribution in [0, 0.1) is 0 Å². The zero-order chi connectivity index (χ0) is 15.8. The van der Waals surface area contributed by atoms with Crippen LogP contribution in [-0.2, 0) is 9.31 Å². The molecule has 3 rings (SSSR count). The van der Waals surface area contributed by atoms with Gasteiger partial charge in [-0.3, -0.25) is 0 Å². The lowest BCUT2D eigenvalue weighted by molar-refractivity contribution is 0.00578. The van der Waals surface area contributed by atoms with Gasteiger partial charge in [0.25, 0.3) is 0 Å². The first-order valence-corrected chi connectivity index (χ1v) is 7.38. The maximum Gasteiger partial charge on any atom is 0.496 e. The molecule has 2 heterocycles. The van der Waals surface area contributed by atoms with Crippen LogP contribution in [0.5, 0.6) is 0 Å². The zero-order valence-corrected chi connectivity index (χ0v) is 13.3. The molecular weight excluding hydrogens is 277 g/mol. The van der Waals surface area contributed by atoms with E-state index in [2.05, 4.69) is 15.3 Å². The second kappa shape index (κ2) is 5.37. The average Bonchev–Trinajstić information content (AvgIpc) is 2.69. The molecule has 1 aromatic carbocycles. The highest BCUT2D eigenvalue weighted by molar-refractivity contribution is 6.64. The Morgan fingerprint density at radius 3 is 2.14 bits per heavy atom. The smallest absolute Gasteiger partial charge is 0.399 e. The van der Waals surface area contributed by atoms with Crippen molar-refractivity contribution in [3.05, 3.63) is 42.7 Å². The van der Waals surface area contributed by atoms with Crippen LogP contribution >= 0.6 is 0 Å². The van der Waals surface area contributed by atoms with Gasteiger partial charge in [0.15, 0.2) is 0 Å². The lowest BCUT2D eigenvalue weighted by Crippen LogP contribution is -2.41. The van der Waals surface area contributed by atoms with Gasteiger partial charge in [-0.15, -0.1) is 0 Å². The molecule has 1 N–H and O–H groups in total. The van der Waals surface area contributed by atoms with Crippen LogP contribution < -0.4 is 10.8 Å². The van der Waals surface area contributed by atoms with E-state index in [1.165, 1.54) is 0 Å². The van der Waals surface area contributed by atoms with Gasteiger partial charge >= 0.3 is 7.12 Å². The van der Waals surface area contributed by atoms with Crippen LogP contribution in [0.25, 0.3) is 0 Å². The SMILES string of the molecule is CC1(C)OB(c2ccccc2Nc2ncccn2)OC1(C)C. The maximum atomic E-state index is 6.13. The quantitative estimate of drug-likeness (QED) is 0.882. The number of benzene rings is 1. The third-order valence-corrected chi connectivity index (χ3v) is 4.28. The first-order valence-electron chi connectivity index (χ1n) is 7.38. The Morgan fingerprint density at radius 1 is 0.909 bits per heavy atom. The number of nitrogens with one attached hydrogen (secondary N) is 1. The highest BCUT2D eigenvalue weighted by Gasteiger charge is 2.52. The largest absolute Gasteiger partial charge is 0.496 e. The van der Waals surface area contributed by atoms with Crippen molar-refractivity contribution >= 4 is 24.2 Å². The molecule has 0 atom stereocenters. The van der Waals surface area contributed by atoms with Gasteiger partial charge < -0.3 is 14.6 Å². The summed E-state index contributed by atoms with van der Waals surface area (Å²) in [4.78, 5) is 8.39. The molecule has 114 valence electrons. The second-order valence-electron chi connectivity index (χ2n) is 6.37. The normalized spacial score (nSPS) is 19.2. The van der Waals surface area contributed by atoms with Crippen molar-refractivity contribution < 1.29 is 9.31 Å². The van der Waals surface area contributed by atoms with Gasteiger partial charge in [-0.05, 0) is 39.8 Å². The number of anilines is 2. The van der Waals surface area contributed by atoms with Gasteiger partial charge in [0.05, 0.1) is 11.2 Å². The minimum Gasteiger partial charge on any atom is -0.399 e. The van der Waals surface area contributed by atoms with E-state index in [1.54, 1.807) is 18.5 Å². The molecule has 6 heteroatoms. The Bertz CT molecular complexity index is 645. The van der Waals surface area contributed by atoms with Crippen LogP contribution in [0.2, 0.25) is 0 Å². The molecule has 1 aromatic heterocycles. The fraction of sp³-hybridized carbons (Fsp3) is 0.375. The van der Waals surface area contributed by atoms with Crippen molar-refractivity contribution in [2.45, 2.75) is 38.9 Å². The molecule has 0 spiro atoms. The number of nitrogens with zero attached hydrogens (tertiary/aromatic N) is 2. The van der Waals surface area contributed by atoms with Crippen LogP contribution in [0.3, 0.4) is 0 Å². The third-order valence-electron chi connectivity index (χ3n) is 4.28. The van der Waals surface area contributed by atoms with Crippen LogP contribution in [-0.4, -0.2) is 28.3 Å². The lowest BCUT2D eigenvalue weighted by atomic mass is 9.78. The van der Waals surface area contributed by atoms with E-state index in [-0.39, 0.29) is 11.2 Å². The Kier molecular flexibility index (Phi) is 3.66. The van der Waals surface area contributed by atoms with E-state index in [9.17, 15) is 0 Å². The first-order chi connectivity index (χ1) is 10.4. The molecule has 1 aliphatic heterocycles. The van der Waals surface area contributed by atoms with Crippen molar-refractivity contribution in [3.63, 3.8) is 0 Å². The maximum absolute atomic E-state index is 6.13. The van der Waals surface area contributed by atoms with Crippen LogP contribution in [0.4, 0.5) is 11.6 Å². The monoisotopic (exact) mass is 297 g/mol. The van der Waals surface area contributed by atoms with Crippen molar-refractivity contribution in [1.82, 2.24) is 9.97 Å². The van der Waals surface area contributed by atoms with E-state index in [0.29, 0.717) is 5.95 Å². The molecule has 1 aliphatic rings. The van der Waals surface area contributed by atoms with E-state index in [0.717, 1.165) is 11.2 Å². The topological polar surface area (TPSA) is 56.3 Å². The molecular formula is C16H20BN3O2. The number of hydrogen-bond donors (Lipinski definition) is 1. The predicted molar refractivity (Wildman–Crippen MR) is 87.5 cm³/mol. The Morgan fingerprint density at radius 2 is 1.50 bits per heavy atom. The van der Waals surface area contributed by atoms with E-state index >= 15 is 0 Å². The first kappa shape index (κ1) is 15.0. The highest BCUT2D eigenvalue weighted by atomic mass is 16.7. The summed E-state index contributed by atoms with van der Waals surface area (Å²) in [7, 11) is -0.419. The molecule has 0 radical (unpaired) electrons. The van der Waals surface area contributed by atoms with Gasteiger partial charge in [0, 0.05) is 23.5 Å². The minimum atomic E-state index is -0.419. The molecule has 1 fully saturated rings. The zero-order valence-electron chi connectivity index (χ0n) is 13.3. The van der Waals surface area contributed by atoms with Gasteiger partial charge in [0.1, 0.15) is 0 Å².